The standard InChI is InChI=1S/C29H38O7/c1-7-11-33-26-19(5)15-21(17-23(26)28(31)35-13-9-3)25(30)22-16-20(6)27(34-12-8-2)24(18-22)29(32)36-14-10-4/h15-18H,7-14H2,1-6H3. The van der Waals surface area contributed by atoms with E-state index in [1.165, 1.54) is 12.1 Å². The van der Waals surface area contributed by atoms with Crippen molar-refractivity contribution in [3.05, 3.63) is 57.6 Å². The molecule has 0 atom stereocenters. The monoisotopic (exact) mass is 498 g/mol. The van der Waals surface area contributed by atoms with Crippen LogP contribution in [0.1, 0.15) is 101 Å². The molecule has 0 aromatic heterocycles. The van der Waals surface area contributed by atoms with Crippen LogP contribution >= 0.6 is 0 Å². The van der Waals surface area contributed by atoms with Crippen LogP contribution in [0, 0.1) is 13.8 Å². The highest BCUT2D eigenvalue weighted by Crippen LogP contribution is 2.31. The second kappa shape index (κ2) is 14.3. The first-order chi connectivity index (χ1) is 17.3. The second-order valence-corrected chi connectivity index (χ2v) is 8.64. The minimum Gasteiger partial charge on any atom is -0.492 e. The Morgan fingerprint density at radius 1 is 0.583 bits per heavy atom. The Morgan fingerprint density at radius 2 is 0.944 bits per heavy atom. The van der Waals surface area contributed by atoms with E-state index < -0.39 is 11.9 Å². The number of esters is 2. The zero-order valence-electron chi connectivity index (χ0n) is 22.3. The fraction of sp³-hybridized carbons (Fsp3) is 0.483. The van der Waals surface area contributed by atoms with E-state index in [0.717, 1.165) is 12.8 Å². The van der Waals surface area contributed by atoms with Crippen molar-refractivity contribution in [1.29, 1.82) is 0 Å². The Kier molecular flexibility index (Phi) is 11.4. The van der Waals surface area contributed by atoms with Crippen molar-refractivity contribution in [3.8, 4) is 11.5 Å². The van der Waals surface area contributed by atoms with Gasteiger partial charge in [-0.2, -0.15) is 0 Å². The van der Waals surface area contributed by atoms with Gasteiger partial charge in [0.15, 0.2) is 5.78 Å². The molecular weight excluding hydrogens is 460 g/mol. The van der Waals surface area contributed by atoms with Crippen molar-refractivity contribution < 1.29 is 33.3 Å². The van der Waals surface area contributed by atoms with Crippen LogP contribution in [0.5, 0.6) is 11.5 Å². The summed E-state index contributed by atoms with van der Waals surface area (Å²) in [5.41, 5.74) is 2.33. The number of aryl methyl sites for hydroxylation is 2. The fourth-order valence-corrected chi connectivity index (χ4v) is 3.62. The Labute approximate surface area is 214 Å². The molecule has 0 spiro atoms. The molecule has 0 aliphatic carbocycles. The molecule has 0 bridgehead atoms. The maximum absolute atomic E-state index is 13.6. The summed E-state index contributed by atoms with van der Waals surface area (Å²) in [4.78, 5) is 39.2. The number of rotatable bonds is 14. The van der Waals surface area contributed by atoms with E-state index in [2.05, 4.69) is 0 Å². The maximum Gasteiger partial charge on any atom is 0.341 e. The van der Waals surface area contributed by atoms with Gasteiger partial charge in [0.25, 0.3) is 0 Å². The lowest BCUT2D eigenvalue weighted by Gasteiger charge is -2.17. The van der Waals surface area contributed by atoms with Crippen molar-refractivity contribution in [3.63, 3.8) is 0 Å². The van der Waals surface area contributed by atoms with Gasteiger partial charge in [0.1, 0.15) is 22.6 Å². The Bertz CT molecular complexity index is 988. The minimum absolute atomic E-state index is 0.211. The van der Waals surface area contributed by atoms with E-state index >= 15 is 0 Å². The van der Waals surface area contributed by atoms with Crippen LogP contribution in [-0.2, 0) is 9.47 Å². The van der Waals surface area contributed by atoms with Gasteiger partial charge in [-0.1, -0.05) is 27.7 Å². The number of ether oxygens (including phenoxy) is 4. The van der Waals surface area contributed by atoms with Crippen LogP contribution in [0.3, 0.4) is 0 Å². The van der Waals surface area contributed by atoms with Crippen LogP contribution in [0.25, 0.3) is 0 Å². The molecule has 0 saturated carbocycles. The number of hydrogen-bond acceptors (Lipinski definition) is 7. The van der Waals surface area contributed by atoms with Crippen LogP contribution in [0.4, 0.5) is 0 Å². The molecule has 7 nitrogen and oxygen atoms in total. The van der Waals surface area contributed by atoms with Gasteiger partial charge in [-0.05, 0) is 74.9 Å². The lowest BCUT2D eigenvalue weighted by atomic mass is 9.95. The van der Waals surface area contributed by atoms with Gasteiger partial charge in [0, 0.05) is 11.1 Å². The molecule has 0 heterocycles. The average Bonchev–Trinajstić information content (AvgIpc) is 2.87. The number of ketones is 1. The van der Waals surface area contributed by atoms with Crippen LogP contribution in [0.15, 0.2) is 24.3 Å². The molecular formula is C29H38O7. The van der Waals surface area contributed by atoms with E-state index in [1.54, 1.807) is 26.0 Å². The maximum atomic E-state index is 13.6. The van der Waals surface area contributed by atoms with E-state index in [-0.39, 0.29) is 30.1 Å². The zero-order valence-corrected chi connectivity index (χ0v) is 22.3. The summed E-state index contributed by atoms with van der Waals surface area (Å²) in [5.74, 6) is -0.580. The molecule has 2 rings (SSSR count). The largest absolute Gasteiger partial charge is 0.492 e. The Hall–Kier alpha value is -3.35. The second-order valence-electron chi connectivity index (χ2n) is 8.64. The van der Waals surface area contributed by atoms with E-state index in [4.69, 9.17) is 18.9 Å². The molecule has 36 heavy (non-hydrogen) atoms. The molecule has 0 N–H and O–H groups in total. The first-order valence-corrected chi connectivity index (χ1v) is 12.7. The number of carbonyl (C=O) groups excluding carboxylic acids is 3. The zero-order chi connectivity index (χ0) is 26.7. The smallest absolute Gasteiger partial charge is 0.341 e. The molecule has 0 radical (unpaired) electrons. The summed E-state index contributed by atoms with van der Waals surface area (Å²) in [5, 5.41) is 0. The third-order valence-electron chi connectivity index (χ3n) is 5.29. The highest BCUT2D eigenvalue weighted by atomic mass is 16.5. The molecule has 0 fully saturated rings. The highest BCUT2D eigenvalue weighted by molar-refractivity contribution is 6.12. The minimum atomic E-state index is -0.538. The van der Waals surface area contributed by atoms with Gasteiger partial charge < -0.3 is 18.9 Å². The molecule has 0 saturated heterocycles. The summed E-state index contributed by atoms with van der Waals surface area (Å²) in [6.45, 7) is 12.8. The third kappa shape index (κ3) is 7.33. The number of hydrogen-bond donors (Lipinski definition) is 0. The Balaban J connectivity index is 2.57. The van der Waals surface area contributed by atoms with E-state index in [9.17, 15) is 14.4 Å². The molecule has 0 unspecified atom stereocenters. The van der Waals surface area contributed by atoms with Crippen molar-refractivity contribution in [1.82, 2.24) is 0 Å². The third-order valence-corrected chi connectivity index (χ3v) is 5.29. The van der Waals surface area contributed by atoms with Crippen LogP contribution in [0.2, 0.25) is 0 Å². The molecule has 2 aromatic carbocycles. The first kappa shape index (κ1) is 28.9. The summed E-state index contributed by atoms with van der Waals surface area (Å²) in [6, 6.07) is 6.39. The fourth-order valence-electron chi connectivity index (χ4n) is 3.62. The van der Waals surface area contributed by atoms with Gasteiger partial charge in [0.05, 0.1) is 26.4 Å². The lowest BCUT2D eigenvalue weighted by Crippen LogP contribution is -2.14. The predicted octanol–water partition coefficient (Wildman–Crippen LogP) is 6.25. The quantitative estimate of drug-likeness (QED) is 0.225. The SMILES string of the molecule is CCCOC(=O)c1cc(C(=O)c2cc(C)c(OCCC)c(C(=O)OCCC)c2)cc(C)c1OCCC. The molecule has 196 valence electrons. The molecule has 0 amide bonds. The van der Waals surface area contributed by atoms with Gasteiger partial charge in [-0.25, -0.2) is 9.59 Å². The van der Waals surface area contributed by atoms with Crippen molar-refractivity contribution in [2.75, 3.05) is 26.4 Å². The topological polar surface area (TPSA) is 88.1 Å². The lowest BCUT2D eigenvalue weighted by molar-refractivity contribution is 0.0491. The number of benzene rings is 2. The van der Waals surface area contributed by atoms with Crippen molar-refractivity contribution in [2.24, 2.45) is 0 Å². The van der Waals surface area contributed by atoms with Gasteiger partial charge in [0.2, 0.25) is 0 Å². The van der Waals surface area contributed by atoms with Gasteiger partial charge in [-0.3, -0.25) is 4.79 Å². The van der Waals surface area contributed by atoms with Gasteiger partial charge in [-0.15, -0.1) is 0 Å². The van der Waals surface area contributed by atoms with Gasteiger partial charge >= 0.3 is 11.9 Å². The van der Waals surface area contributed by atoms with E-state index in [1.807, 2.05) is 27.7 Å². The average molecular weight is 499 g/mol. The number of carbonyl (C=O) groups is 3. The normalized spacial score (nSPS) is 10.6. The highest BCUT2D eigenvalue weighted by Gasteiger charge is 2.24. The van der Waals surface area contributed by atoms with Crippen molar-refractivity contribution >= 4 is 17.7 Å². The summed E-state index contributed by atoms with van der Waals surface area (Å²) >= 11 is 0. The molecule has 0 aliphatic rings. The summed E-state index contributed by atoms with van der Waals surface area (Å²) in [7, 11) is 0. The van der Waals surface area contributed by atoms with Crippen molar-refractivity contribution in [2.45, 2.75) is 67.2 Å². The summed E-state index contributed by atoms with van der Waals surface area (Å²) in [6.07, 6.45) is 2.90. The summed E-state index contributed by atoms with van der Waals surface area (Å²) < 4.78 is 22.4. The first-order valence-electron chi connectivity index (χ1n) is 12.7. The molecule has 2 aromatic rings. The Morgan fingerprint density at radius 3 is 1.28 bits per heavy atom. The molecule has 7 heteroatoms. The predicted molar refractivity (Wildman–Crippen MR) is 139 cm³/mol. The van der Waals surface area contributed by atoms with E-state index in [0.29, 0.717) is 59.8 Å². The van der Waals surface area contributed by atoms with Crippen LogP contribution < -0.4 is 9.47 Å². The van der Waals surface area contributed by atoms with Crippen LogP contribution in [-0.4, -0.2) is 44.1 Å². The molecule has 0 aliphatic heterocycles.